The monoisotopic (exact) mass is 368 g/mol. The summed E-state index contributed by atoms with van der Waals surface area (Å²) in [6.07, 6.45) is -1.72. The molecule has 0 saturated heterocycles. The number of hydrogen-bond acceptors (Lipinski definition) is 7. The molecule has 3 unspecified atom stereocenters. The van der Waals surface area contributed by atoms with Crippen LogP contribution in [0.3, 0.4) is 0 Å². The van der Waals surface area contributed by atoms with Gasteiger partial charge in [-0.1, -0.05) is 12.1 Å². The minimum Gasteiger partial charge on any atom is -0.504 e. The topological polar surface area (TPSA) is 126 Å². The SMILES string of the molecule is COc1cccc(C2Oc3cc(OS(=O)O)c(O)c(O)c3CC2O)c1. The highest BCUT2D eigenvalue weighted by molar-refractivity contribution is 7.74. The van der Waals surface area contributed by atoms with Crippen LogP contribution in [-0.2, 0) is 17.8 Å². The first-order valence-electron chi connectivity index (χ1n) is 7.26. The molecule has 0 saturated carbocycles. The van der Waals surface area contributed by atoms with E-state index in [9.17, 15) is 19.5 Å². The van der Waals surface area contributed by atoms with E-state index in [1.54, 1.807) is 24.3 Å². The Kier molecular flexibility index (Phi) is 4.71. The average molecular weight is 368 g/mol. The van der Waals surface area contributed by atoms with E-state index in [-0.39, 0.29) is 17.7 Å². The Bertz CT molecular complexity index is 822. The van der Waals surface area contributed by atoms with Crippen LogP contribution in [0, 0.1) is 0 Å². The quantitative estimate of drug-likeness (QED) is 0.474. The number of phenols is 2. The fraction of sp³-hybridized carbons (Fsp3) is 0.250. The first-order chi connectivity index (χ1) is 11.9. The van der Waals surface area contributed by atoms with Gasteiger partial charge in [0.05, 0.1) is 13.2 Å². The first kappa shape index (κ1) is 17.3. The third-order valence-electron chi connectivity index (χ3n) is 3.90. The van der Waals surface area contributed by atoms with E-state index < -0.39 is 40.8 Å². The lowest BCUT2D eigenvalue weighted by atomic mass is 9.93. The Morgan fingerprint density at radius 1 is 1.24 bits per heavy atom. The maximum Gasteiger partial charge on any atom is 0.357 e. The molecule has 9 heteroatoms. The highest BCUT2D eigenvalue weighted by atomic mass is 32.2. The minimum atomic E-state index is -2.68. The molecule has 2 aromatic carbocycles. The number of phenolic OH excluding ortho intramolecular Hbond substituents is 2. The van der Waals surface area contributed by atoms with Crippen molar-refractivity contribution in [3.05, 3.63) is 41.5 Å². The summed E-state index contributed by atoms with van der Waals surface area (Å²) >= 11 is -2.68. The number of methoxy groups -OCH3 is 1. The Labute approximate surface area is 145 Å². The van der Waals surface area contributed by atoms with E-state index in [2.05, 4.69) is 4.18 Å². The predicted molar refractivity (Wildman–Crippen MR) is 87.2 cm³/mol. The smallest absolute Gasteiger partial charge is 0.357 e. The van der Waals surface area contributed by atoms with E-state index in [1.807, 2.05) is 0 Å². The molecule has 1 heterocycles. The van der Waals surface area contributed by atoms with Crippen molar-refractivity contribution in [2.24, 2.45) is 0 Å². The Morgan fingerprint density at radius 2 is 2.00 bits per heavy atom. The van der Waals surface area contributed by atoms with Crippen LogP contribution in [-0.4, -0.2) is 37.3 Å². The average Bonchev–Trinajstić information content (AvgIpc) is 2.59. The summed E-state index contributed by atoms with van der Waals surface area (Å²) in [6.45, 7) is 0. The van der Waals surface area contributed by atoms with Crippen molar-refractivity contribution in [2.75, 3.05) is 7.11 Å². The van der Waals surface area contributed by atoms with Crippen LogP contribution in [0.25, 0.3) is 0 Å². The van der Waals surface area contributed by atoms with E-state index in [0.717, 1.165) is 0 Å². The van der Waals surface area contributed by atoms with Crippen molar-refractivity contribution in [1.82, 2.24) is 0 Å². The summed E-state index contributed by atoms with van der Waals surface area (Å²) in [6, 6.07) is 8.15. The van der Waals surface area contributed by atoms with Gasteiger partial charge >= 0.3 is 11.4 Å². The molecule has 1 aliphatic rings. The first-order valence-corrected chi connectivity index (χ1v) is 8.29. The number of aliphatic hydroxyl groups excluding tert-OH is 1. The molecule has 3 rings (SSSR count). The molecule has 8 nitrogen and oxygen atoms in total. The molecular weight excluding hydrogens is 352 g/mol. The number of fused-ring (bicyclic) bond motifs is 1. The van der Waals surface area contributed by atoms with E-state index in [4.69, 9.17) is 14.0 Å². The molecule has 0 amide bonds. The van der Waals surface area contributed by atoms with Crippen molar-refractivity contribution >= 4 is 11.4 Å². The second kappa shape index (κ2) is 6.79. The maximum atomic E-state index is 10.8. The zero-order valence-electron chi connectivity index (χ0n) is 13.1. The minimum absolute atomic E-state index is 0.0130. The molecule has 0 aliphatic carbocycles. The standard InChI is InChI=1S/C16H16O8S/c1-22-9-4-2-3-8(5-9)16-11(17)6-10-12(23-16)7-13(24-25(20)21)15(19)14(10)18/h2-5,7,11,16-19H,6H2,1H3,(H,20,21). The highest BCUT2D eigenvalue weighted by Crippen LogP contribution is 2.48. The predicted octanol–water partition coefficient (Wildman–Crippen LogP) is 1.66. The number of hydrogen-bond donors (Lipinski definition) is 4. The van der Waals surface area contributed by atoms with Gasteiger partial charge in [0.2, 0.25) is 5.75 Å². The molecule has 0 spiro atoms. The van der Waals surface area contributed by atoms with Crippen molar-refractivity contribution in [3.8, 4) is 28.7 Å². The third kappa shape index (κ3) is 3.34. The molecule has 0 fully saturated rings. The van der Waals surface area contributed by atoms with Crippen molar-refractivity contribution in [1.29, 1.82) is 0 Å². The van der Waals surface area contributed by atoms with Crippen LogP contribution >= 0.6 is 0 Å². The van der Waals surface area contributed by atoms with Gasteiger partial charge in [0.15, 0.2) is 11.5 Å². The number of aliphatic hydroxyl groups is 1. The Morgan fingerprint density at radius 3 is 2.68 bits per heavy atom. The van der Waals surface area contributed by atoms with Gasteiger partial charge in [-0.25, -0.2) is 0 Å². The third-order valence-corrected chi connectivity index (χ3v) is 4.23. The summed E-state index contributed by atoms with van der Waals surface area (Å²) in [7, 11) is 1.52. The van der Waals surface area contributed by atoms with E-state index in [1.165, 1.54) is 13.2 Å². The zero-order chi connectivity index (χ0) is 18.1. The zero-order valence-corrected chi connectivity index (χ0v) is 13.9. The van der Waals surface area contributed by atoms with Gasteiger partial charge in [0.1, 0.15) is 17.6 Å². The van der Waals surface area contributed by atoms with Crippen molar-refractivity contribution in [3.63, 3.8) is 0 Å². The van der Waals surface area contributed by atoms with Crippen LogP contribution < -0.4 is 13.7 Å². The van der Waals surface area contributed by atoms with Gasteiger partial charge in [0, 0.05) is 18.1 Å². The van der Waals surface area contributed by atoms with Crippen LogP contribution in [0.5, 0.6) is 28.7 Å². The van der Waals surface area contributed by atoms with Crippen LogP contribution in [0.2, 0.25) is 0 Å². The fourth-order valence-electron chi connectivity index (χ4n) is 2.73. The molecule has 0 bridgehead atoms. The Hall–Kier alpha value is -2.49. The largest absolute Gasteiger partial charge is 0.504 e. The highest BCUT2D eigenvalue weighted by Gasteiger charge is 2.34. The van der Waals surface area contributed by atoms with E-state index in [0.29, 0.717) is 11.3 Å². The number of rotatable bonds is 4. The van der Waals surface area contributed by atoms with Crippen molar-refractivity contribution < 1.29 is 37.7 Å². The summed E-state index contributed by atoms with van der Waals surface area (Å²) in [5.74, 6) is -0.947. The van der Waals surface area contributed by atoms with Gasteiger partial charge in [0.25, 0.3) is 0 Å². The molecule has 1 aliphatic heterocycles. The van der Waals surface area contributed by atoms with Gasteiger partial charge in [-0.2, -0.15) is 4.21 Å². The molecule has 25 heavy (non-hydrogen) atoms. The molecule has 3 atom stereocenters. The lowest BCUT2D eigenvalue weighted by molar-refractivity contribution is 0.0196. The summed E-state index contributed by atoms with van der Waals surface area (Å²) in [5, 5.41) is 30.3. The lowest BCUT2D eigenvalue weighted by Gasteiger charge is -2.31. The van der Waals surface area contributed by atoms with E-state index >= 15 is 0 Å². The lowest BCUT2D eigenvalue weighted by Crippen LogP contribution is -2.30. The molecule has 0 aromatic heterocycles. The van der Waals surface area contributed by atoms with Crippen LogP contribution in [0.4, 0.5) is 0 Å². The van der Waals surface area contributed by atoms with Gasteiger partial charge in [-0.3, -0.25) is 4.55 Å². The molecule has 2 aromatic rings. The summed E-state index contributed by atoms with van der Waals surface area (Å²) in [4.78, 5) is 0. The number of benzene rings is 2. The number of ether oxygens (including phenoxy) is 2. The molecular formula is C16H16O8S. The second-order valence-corrected chi connectivity index (χ2v) is 6.04. The van der Waals surface area contributed by atoms with Gasteiger partial charge in [-0.15, -0.1) is 0 Å². The van der Waals surface area contributed by atoms with Crippen LogP contribution in [0.15, 0.2) is 30.3 Å². The van der Waals surface area contributed by atoms with Crippen molar-refractivity contribution in [2.45, 2.75) is 18.6 Å². The fourth-order valence-corrected chi connectivity index (χ4v) is 3.01. The summed E-state index contributed by atoms with van der Waals surface area (Å²) < 4.78 is 35.1. The van der Waals surface area contributed by atoms with Gasteiger partial charge in [-0.05, 0) is 17.7 Å². The maximum absolute atomic E-state index is 10.8. The molecule has 4 N–H and O–H groups in total. The van der Waals surface area contributed by atoms with Crippen LogP contribution in [0.1, 0.15) is 17.2 Å². The van der Waals surface area contributed by atoms with Gasteiger partial charge < -0.3 is 29.0 Å². The summed E-state index contributed by atoms with van der Waals surface area (Å²) in [5.41, 5.74) is 0.832. The number of aromatic hydroxyl groups is 2. The second-order valence-electron chi connectivity index (χ2n) is 5.44. The Balaban J connectivity index is 2.00. The molecule has 0 radical (unpaired) electrons. The normalized spacial score (nSPS) is 20.3. The molecule has 134 valence electrons.